The number of halogens is 3. The Balaban J connectivity index is 1.67. The van der Waals surface area contributed by atoms with E-state index in [1.165, 1.54) is 30.1 Å². The molecular weight excluding hydrogens is 407 g/mol. The monoisotopic (exact) mass is 427 g/mol. The number of nitrogens with zero attached hydrogens (tertiary/aromatic N) is 1. The van der Waals surface area contributed by atoms with Crippen molar-refractivity contribution in [3.05, 3.63) is 94.3 Å². The first-order valence-electron chi connectivity index (χ1n) is 9.51. The molecule has 30 heavy (non-hydrogen) atoms. The van der Waals surface area contributed by atoms with Crippen LogP contribution < -0.4 is 10.0 Å². The third kappa shape index (κ3) is 3.89. The first kappa shape index (κ1) is 20.3. The molecule has 1 unspecified atom stereocenters. The number of hydrogen-bond acceptors (Lipinski definition) is 2. The van der Waals surface area contributed by atoms with Gasteiger partial charge in [0, 0.05) is 11.5 Å². The molecule has 0 aliphatic carbocycles. The van der Waals surface area contributed by atoms with Gasteiger partial charge in [-0.25, -0.2) is 18.2 Å². The first-order valence-corrected chi connectivity index (χ1v) is 10.3. The van der Waals surface area contributed by atoms with Gasteiger partial charge < -0.3 is 5.32 Å². The zero-order valence-corrected chi connectivity index (χ0v) is 17.3. The molecular formula is C23H20F3N3S. The molecule has 2 N–H and O–H groups in total. The van der Waals surface area contributed by atoms with Crippen molar-refractivity contribution in [3.8, 4) is 0 Å². The summed E-state index contributed by atoms with van der Waals surface area (Å²) in [5.41, 5.74) is 2.67. The maximum atomic E-state index is 14.8. The van der Waals surface area contributed by atoms with Crippen LogP contribution in [0.2, 0.25) is 0 Å². The molecule has 1 heterocycles. The van der Waals surface area contributed by atoms with Crippen LogP contribution in [0.5, 0.6) is 0 Å². The number of anilines is 1. The van der Waals surface area contributed by atoms with Crippen molar-refractivity contribution in [2.24, 2.45) is 4.99 Å². The summed E-state index contributed by atoms with van der Waals surface area (Å²) < 4.78 is 46.0. The second-order valence-electron chi connectivity index (χ2n) is 7.10. The Morgan fingerprint density at radius 1 is 0.933 bits per heavy atom. The van der Waals surface area contributed by atoms with Gasteiger partial charge in [-0.05, 0) is 59.8 Å². The Hall–Kier alpha value is -2.93. The lowest BCUT2D eigenvalue weighted by Crippen LogP contribution is -2.30. The summed E-state index contributed by atoms with van der Waals surface area (Å²) >= 11 is 1.30. The molecule has 4 rings (SSSR count). The van der Waals surface area contributed by atoms with Crippen LogP contribution in [0.1, 0.15) is 35.1 Å². The van der Waals surface area contributed by atoms with Gasteiger partial charge >= 0.3 is 0 Å². The predicted octanol–water partition coefficient (Wildman–Crippen LogP) is 6.14. The molecule has 0 spiro atoms. The van der Waals surface area contributed by atoms with Crippen molar-refractivity contribution in [3.63, 3.8) is 0 Å². The van der Waals surface area contributed by atoms with Crippen LogP contribution in [0.3, 0.4) is 0 Å². The summed E-state index contributed by atoms with van der Waals surface area (Å²) in [6.07, 6.45) is 0. The third-order valence-corrected chi connectivity index (χ3v) is 6.10. The molecule has 0 saturated carbocycles. The van der Waals surface area contributed by atoms with E-state index in [0.717, 1.165) is 10.5 Å². The highest BCUT2D eigenvalue weighted by Gasteiger charge is 2.25. The summed E-state index contributed by atoms with van der Waals surface area (Å²) in [7, 11) is 0. The molecule has 1 aliphatic rings. The van der Waals surface area contributed by atoms with Crippen LogP contribution in [0.15, 0.2) is 64.5 Å². The van der Waals surface area contributed by atoms with E-state index >= 15 is 0 Å². The minimum atomic E-state index is -0.501. The number of fused-ring (bicyclic) bond motifs is 1. The fourth-order valence-corrected chi connectivity index (χ4v) is 4.22. The topological polar surface area (TPSA) is 36.4 Å². The summed E-state index contributed by atoms with van der Waals surface area (Å²) in [6, 6.07) is 14.3. The average Bonchev–Trinajstić information content (AvgIpc) is 2.74. The SMILES string of the molecule is Cc1c(F)cccc1CN=C1NSc2ccc(F)c(C(C)c3ccccc3F)c2N1. The highest BCUT2D eigenvalue weighted by atomic mass is 32.2. The normalized spacial score (nSPS) is 15.3. The van der Waals surface area contributed by atoms with Crippen molar-refractivity contribution in [1.82, 2.24) is 4.72 Å². The maximum Gasteiger partial charge on any atom is 0.206 e. The van der Waals surface area contributed by atoms with E-state index in [1.807, 2.05) is 6.07 Å². The van der Waals surface area contributed by atoms with Crippen molar-refractivity contribution in [2.75, 3.05) is 5.32 Å². The van der Waals surface area contributed by atoms with E-state index in [0.29, 0.717) is 28.3 Å². The van der Waals surface area contributed by atoms with Gasteiger partial charge in [-0.2, -0.15) is 0 Å². The lowest BCUT2D eigenvalue weighted by Gasteiger charge is -2.26. The van der Waals surface area contributed by atoms with Gasteiger partial charge in [0.05, 0.1) is 17.1 Å². The van der Waals surface area contributed by atoms with Gasteiger partial charge in [-0.1, -0.05) is 37.3 Å². The largest absolute Gasteiger partial charge is 0.324 e. The second kappa shape index (κ2) is 8.44. The first-order chi connectivity index (χ1) is 14.5. The van der Waals surface area contributed by atoms with Gasteiger partial charge in [0.15, 0.2) is 0 Å². The van der Waals surface area contributed by atoms with Gasteiger partial charge in [0.1, 0.15) is 17.5 Å². The minimum absolute atomic E-state index is 0.266. The molecule has 3 nitrogen and oxygen atoms in total. The lowest BCUT2D eigenvalue weighted by atomic mass is 9.91. The Morgan fingerprint density at radius 3 is 2.50 bits per heavy atom. The summed E-state index contributed by atoms with van der Waals surface area (Å²) in [6.45, 7) is 3.75. The molecule has 0 radical (unpaired) electrons. The number of hydrogen-bond donors (Lipinski definition) is 2. The van der Waals surface area contributed by atoms with Crippen LogP contribution in [0.4, 0.5) is 18.9 Å². The van der Waals surface area contributed by atoms with Crippen LogP contribution in [0, 0.1) is 24.4 Å². The molecule has 0 fully saturated rings. The van der Waals surface area contributed by atoms with Gasteiger partial charge in [-0.15, -0.1) is 0 Å². The molecule has 3 aromatic rings. The van der Waals surface area contributed by atoms with Crippen LogP contribution in [-0.2, 0) is 6.54 Å². The highest BCUT2D eigenvalue weighted by molar-refractivity contribution is 7.98. The van der Waals surface area contributed by atoms with E-state index in [2.05, 4.69) is 15.0 Å². The van der Waals surface area contributed by atoms with Gasteiger partial charge in [0.25, 0.3) is 0 Å². The number of rotatable bonds is 4. The molecule has 1 aliphatic heterocycles. The smallest absolute Gasteiger partial charge is 0.206 e. The quantitative estimate of drug-likeness (QED) is 0.491. The Labute approximate surface area is 177 Å². The molecule has 3 aromatic carbocycles. The maximum absolute atomic E-state index is 14.8. The van der Waals surface area contributed by atoms with Crippen LogP contribution in [-0.4, -0.2) is 5.96 Å². The van der Waals surface area contributed by atoms with Gasteiger partial charge in [0.2, 0.25) is 5.96 Å². The lowest BCUT2D eigenvalue weighted by molar-refractivity contribution is 0.581. The summed E-state index contributed by atoms with van der Waals surface area (Å²) in [4.78, 5) is 5.27. The van der Waals surface area contributed by atoms with Crippen molar-refractivity contribution in [1.29, 1.82) is 0 Å². The highest BCUT2D eigenvalue weighted by Crippen LogP contribution is 2.40. The molecule has 7 heteroatoms. The Morgan fingerprint density at radius 2 is 1.70 bits per heavy atom. The molecule has 1 atom stereocenters. The van der Waals surface area contributed by atoms with E-state index in [4.69, 9.17) is 0 Å². The zero-order valence-electron chi connectivity index (χ0n) is 16.5. The van der Waals surface area contributed by atoms with E-state index in [-0.39, 0.29) is 18.2 Å². The third-order valence-electron chi connectivity index (χ3n) is 5.25. The number of benzene rings is 3. The molecule has 0 bridgehead atoms. The van der Waals surface area contributed by atoms with E-state index in [9.17, 15) is 13.2 Å². The number of nitrogens with one attached hydrogen (secondary N) is 2. The fourth-order valence-electron chi connectivity index (χ4n) is 3.50. The second-order valence-corrected chi connectivity index (χ2v) is 7.94. The number of aliphatic imine (C=N–C) groups is 1. The summed E-state index contributed by atoms with van der Waals surface area (Å²) in [5, 5.41) is 3.14. The van der Waals surface area contributed by atoms with Crippen LogP contribution >= 0.6 is 11.9 Å². The van der Waals surface area contributed by atoms with Gasteiger partial charge in [-0.3, -0.25) is 4.72 Å². The number of guanidine groups is 1. The standard InChI is InChI=1S/C23H20F3N3S/c1-13-15(6-5-9-17(13)24)12-27-23-28-22-20(30-29-23)11-10-19(26)21(22)14(2)16-7-3-4-8-18(16)25/h3-11,14H,12H2,1-2H3,(H2,27,28,29). The fraction of sp³-hybridized carbons (Fsp3) is 0.174. The van der Waals surface area contributed by atoms with E-state index in [1.54, 1.807) is 44.2 Å². The van der Waals surface area contributed by atoms with Crippen molar-refractivity contribution < 1.29 is 13.2 Å². The minimum Gasteiger partial charge on any atom is -0.324 e. The molecule has 0 saturated heterocycles. The van der Waals surface area contributed by atoms with Crippen LogP contribution in [0.25, 0.3) is 0 Å². The zero-order chi connectivity index (χ0) is 21.3. The Bertz CT molecular complexity index is 1130. The molecule has 0 amide bonds. The molecule has 154 valence electrons. The van der Waals surface area contributed by atoms with Crippen molar-refractivity contribution in [2.45, 2.75) is 31.2 Å². The molecule has 0 aromatic heterocycles. The predicted molar refractivity (Wildman–Crippen MR) is 115 cm³/mol. The van der Waals surface area contributed by atoms with E-state index < -0.39 is 11.7 Å². The average molecular weight is 427 g/mol. The Kier molecular flexibility index (Phi) is 5.72. The summed E-state index contributed by atoms with van der Waals surface area (Å²) in [5.74, 6) is -1.14. The van der Waals surface area contributed by atoms with Crippen molar-refractivity contribution >= 4 is 23.6 Å².